The highest BCUT2D eigenvalue weighted by atomic mass is 16.5. The predicted octanol–water partition coefficient (Wildman–Crippen LogP) is 2.55. The molecule has 0 radical (unpaired) electrons. The molecule has 27 heavy (non-hydrogen) atoms. The van der Waals surface area contributed by atoms with Crippen molar-refractivity contribution in [3.8, 4) is 0 Å². The number of carbonyl (C=O) groups excluding carboxylic acids is 2. The molecule has 0 aliphatic carbocycles. The van der Waals surface area contributed by atoms with Gasteiger partial charge in [0, 0.05) is 44.7 Å². The Morgan fingerprint density at radius 1 is 1.04 bits per heavy atom. The highest BCUT2D eigenvalue weighted by Gasteiger charge is 2.22. The highest BCUT2D eigenvalue weighted by molar-refractivity contribution is 5.96. The highest BCUT2D eigenvalue weighted by Crippen LogP contribution is 2.09. The van der Waals surface area contributed by atoms with Gasteiger partial charge in [-0.15, -0.1) is 0 Å². The van der Waals surface area contributed by atoms with Crippen LogP contribution in [0.1, 0.15) is 29.4 Å². The minimum absolute atomic E-state index is 0.0652. The second-order valence-corrected chi connectivity index (χ2v) is 6.51. The molecular weight excluding hydrogens is 342 g/mol. The maximum absolute atomic E-state index is 13.0. The van der Waals surface area contributed by atoms with Crippen LogP contribution in [0, 0.1) is 0 Å². The van der Waals surface area contributed by atoms with E-state index in [0.717, 1.165) is 12.1 Å². The molecule has 0 saturated carbocycles. The normalized spacial score (nSPS) is 10.6. The van der Waals surface area contributed by atoms with Crippen LogP contribution in [0.4, 0.5) is 0 Å². The molecule has 0 aliphatic heterocycles. The Bertz CT molecular complexity index is 727. The number of rotatable bonds is 10. The Kier molecular flexibility index (Phi) is 8.07. The summed E-state index contributed by atoms with van der Waals surface area (Å²) < 4.78 is 7.15. The van der Waals surface area contributed by atoms with E-state index in [-0.39, 0.29) is 18.4 Å². The first-order valence-corrected chi connectivity index (χ1v) is 9.28. The van der Waals surface area contributed by atoms with Gasteiger partial charge in [-0.1, -0.05) is 25.1 Å². The van der Waals surface area contributed by atoms with Crippen molar-refractivity contribution in [1.82, 2.24) is 14.4 Å². The van der Waals surface area contributed by atoms with Crippen molar-refractivity contribution in [2.24, 2.45) is 7.05 Å². The zero-order valence-electron chi connectivity index (χ0n) is 16.4. The van der Waals surface area contributed by atoms with Crippen LogP contribution >= 0.6 is 0 Å². The maximum atomic E-state index is 13.0. The molecule has 1 aromatic carbocycles. The summed E-state index contributed by atoms with van der Waals surface area (Å²) in [6, 6.07) is 13.0. The standard InChI is InChI=1S/C21H29N3O3/c1-4-12-24(21(26)18-9-6-5-7-10-18)17-20(25)23(14-15-27-3)16-19-11-8-13-22(19)2/h5-11,13H,4,12,14-17H2,1-3H3. The molecule has 0 saturated heterocycles. The number of hydrogen-bond acceptors (Lipinski definition) is 3. The number of hydrogen-bond donors (Lipinski definition) is 0. The molecule has 2 aromatic rings. The Labute approximate surface area is 161 Å². The molecule has 1 heterocycles. The van der Waals surface area contributed by atoms with Gasteiger partial charge in [-0.25, -0.2) is 0 Å². The second-order valence-electron chi connectivity index (χ2n) is 6.51. The van der Waals surface area contributed by atoms with Gasteiger partial charge in [-0.2, -0.15) is 0 Å². The molecule has 1 aromatic heterocycles. The fraction of sp³-hybridized carbons (Fsp3) is 0.429. The zero-order chi connectivity index (χ0) is 19.6. The molecule has 0 aliphatic rings. The number of aryl methyl sites for hydroxylation is 1. The summed E-state index contributed by atoms with van der Waals surface area (Å²) in [5, 5.41) is 0. The molecule has 0 unspecified atom stereocenters. The lowest BCUT2D eigenvalue weighted by molar-refractivity contribution is -0.133. The van der Waals surface area contributed by atoms with Crippen molar-refractivity contribution in [2.45, 2.75) is 19.9 Å². The van der Waals surface area contributed by atoms with Crippen LogP contribution in [0.3, 0.4) is 0 Å². The number of aromatic nitrogens is 1. The molecule has 6 heteroatoms. The molecular formula is C21H29N3O3. The van der Waals surface area contributed by atoms with Crippen molar-refractivity contribution in [1.29, 1.82) is 0 Å². The summed E-state index contributed by atoms with van der Waals surface area (Å²) in [5.41, 5.74) is 1.64. The number of carbonyl (C=O) groups is 2. The Balaban J connectivity index is 2.11. The third-order valence-electron chi connectivity index (χ3n) is 4.45. The van der Waals surface area contributed by atoms with Crippen molar-refractivity contribution < 1.29 is 14.3 Å². The molecule has 0 atom stereocenters. The smallest absolute Gasteiger partial charge is 0.254 e. The first-order valence-electron chi connectivity index (χ1n) is 9.28. The van der Waals surface area contributed by atoms with Crippen LogP contribution in [0.2, 0.25) is 0 Å². The quantitative estimate of drug-likeness (QED) is 0.645. The van der Waals surface area contributed by atoms with Crippen LogP contribution in [0.5, 0.6) is 0 Å². The lowest BCUT2D eigenvalue weighted by Gasteiger charge is -2.27. The average molecular weight is 371 g/mol. The Morgan fingerprint density at radius 2 is 1.78 bits per heavy atom. The molecule has 0 bridgehead atoms. The minimum Gasteiger partial charge on any atom is -0.383 e. The van der Waals surface area contributed by atoms with Gasteiger partial charge in [0.15, 0.2) is 0 Å². The van der Waals surface area contributed by atoms with Gasteiger partial charge in [0.05, 0.1) is 13.2 Å². The summed E-state index contributed by atoms with van der Waals surface area (Å²) in [7, 11) is 3.57. The number of methoxy groups -OCH3 is 1. The predicted molar refractivity (Wildman–Crippen MR) is 105 cm³/mol. The largest absolute Gasteiger partial charge is 0.383 e. The number of nitrogens with zero attached hydrogens (tertiary/aromatic N) is 3. The van der Waals surface area contributed by atoms with Gasteiger partial charge >= 0.3 is 0 Å². The van der Waals surface area contributed by atoms with Gasteiger partial charge in [-0.3, -0.25) is 9.59 Å². The number of amides is 2. The van der Waals surface area contributed by atoms with E-state index in [9.17, 15) is 9.59 Å². The third-order valence-corrected chi connectivity index (χ3v) is 4.45. The molecule has 146 valence electrons. The first-order chi connectivity index (χ1) is 13.1. The van der Waals surface area contributed by atoms with E-state index in [1.807, 2.05) is 55.1 Å². The van der Waals surface area contributed by atoms with Crippen LogP contribution in [0.15, 0.2) is 48.7 Å². The monoisotopic (exact) mass is 371 g/mol. The van der Waals surface area contributed by atoms with E-state index in [1.165, 1.54) is 0 Å². The summed E-state index contributed by atoms with van der Waals surface area (Å²) in [5.74, 6) is -0.192. The van der Waals surface area contributed by atoms with Crippen molar-refractivity contribution in [2.75, 3.05) is 33.4 Å². The first kappa shape index (κ1) is 20.7. The molecule has 2 amide bonds. The second kappa shape index (κ2) is 10.5. The molecule has 2 rings (SSSR count). The van der Waals surface area contributed by atoms with E-state index in [1.54, 1.807) is 29.0 Å². The van der Waals surface area contributed by atoms with Crippen LogP contribution in [-0.4, -0.2) is 59.5 Å². The van der Waals surface area contributed by atoms with Crippen LogP contribution in [0.25, 0.3) is 0 Å². The molecule has 6 nitrogen and oxygen atoms in total. The van der Waals surface area contributed by atoms with E-state index in [2.05, 4.69) is 0 Å². The lowest BCUT2D eigenvalue weighted by Crippen LogP contribution is -2.44. The van der Waals surface area contributed by atoms with E-state index in [0.29, 0.717) is 31.8 Å². The van der Waals surface area contributed by atoms with Crippen LogP contribution < -0.4 is 0 Å². The average Bonchev–Trinajstić information content (AvgIpc) is 3.09. The summed E-state index contributed by atoms with van der Waals surface area (Å²) >= 11 is 0. The zero-order valence-corrected chi connectivity index (χ0v) is 16.4. The summed E-state index contributed by atoms with van der Waals surface area (Å²) in [6.07, 6.45) is 2.75. The topological polar surface area (TPSA) is 54.8 Å². The lowest BCUT2D eigenvalue weighted by atomic mass is 10.2. The molecule has 0 N–H and O–H groups in total. The van der Waals surface area contributed by atoms with Gasteiger partial charge < -0.3 is 19.1 Å². The van der Waals surface area contributed by atoms with Gasteiger partial charge in [0.2, 0.25) is 5.91 Å². The maximum Gasteiger partial charge on any atom is 0.254 e. The van der Waals surface area contributed by atoms with Gasteiger partial charge in [-0.05, 0) is 30.7 Å². The van der Waals surface area contributed by atoms with E-state index in [4.69, 9.17) is 4.74 Å². The summed E-state index contributed by atoms with van der Waals surface area (Å²) in [6.45, 7) is 4.04. The number of ether oxygens (including phenoxy) is 1. The van der Waals surface area contributed by atoms with Crippen molar-refractivity contribution >= 4 is 11.8 Å². The SMILES string of the molecule is CCCN(CC(=O)N(CCOC)Cc1cccn1C)C(=O)c1ccccc1. The minimum atomic E-state index is -0.114. The van der Waals surface area contributed by atoms with E-state index >= 15 is 0 Å². The Morgan fingerprint density at radius 3 is 2.37 bits per heavy atom. The number of benzene rings is 1. The van der Waals surface area contributed by atoms with Crippen LogP contribution in [-0.2, 0) is 23.1 Å². The molecule has 0 spiro atoms. The van der Waals surface area contributed by atoms with Crippen molar-refractivity contribution in [3.05, 3.63) is 59.9 Å². The fourth-order valence-electron chi connectivity index (χ4n) is 2.90. The van der Waals surface area contributed by atoms with Gasteiger partial charge in [0.25, 0.3) is 5.91 Å². The molecule has 0 fully saturated rings. The fourth-order valence-corrected chi connectivity index (χ4v) is 2.90. The Hall–Kier alpha value is -2.60. The van der Waals surface area contributed by atoms with Crippen molar-refractivity contribution in [3.63, 3.8) is 0 Å². The third kappa shape index (κ3) is 5.96. The van der Waals surface area contributed by atoms with Gasteiger partial charge in [0.1, 0.15) is 6.54 Å². The summed E-state index contributed by atoms with van der Waals surface area (Å²) in [4.78, 5) is 29.2. The van der Waals surface area contributed by atoms with E-state index < -0.39 is 0 Å².